The number of carbonyl (C=O) groups is 1. The number of nitrogen functional groups attached to an aromatic ring is 1. The Morgan fingerprint density at radius 2 is 1.91 bits per heavy atom. The molecule has 0 bridgehead atoms. The highest BCUT2D eigenvalue weighted by Gasteiger charge is 2.38. The molecule has 1 aromatic carbocycles. The summed E-state index contributed by atoms with van der Waals surface area (Å²) in [6.45, 7) is 2.00. The third-order valence-corrected chi connectivity index (χ3v) is 6.46. The van der Waals surface area contributed by atoms with Gasteiger partial charge in [-0.15, -0.1) is 0 Å². The van der Waals surface area contributed by atoms with E-state index in [0.29, 0.717) is 51.6 Å². The highest BCUT2D eigenvalue weighted by Crippen LogP contribution is 2.33. The molecule has 0 atom stereocenters. The van der Waals surface area contributed by atoms with Crippen LogP contribution in [-0.4, -0.2) is 55.1 Å². The average Bonchev–Trinajstić information content (AvgIpc) is 3.66. The van der Waals surface area contributed by atoms with E-state index in [1.54, 1.807) is 36.5 Å². The smallest absolute Gasteiger partial charge is 0.475 e. The van der Waals surface area contributed by atoms with Crippen molar-refractivity contribution in [3.8, 4) is 40.3 Å². The van der Waals surface area contributed by atoms with Gasteiger partial charge in [-0.05, 0) is 50.2 Å². The number of carboxylic acid groups (broad SMARTS) is 1. The Bertz CT molecular complexity index is 1810. The normalized spacial score (nSPS) is 13.6. The quantitative estimate of drug-likeness (QED) is 0.251. The summed E-state index contributed by atoms with van der Waals surface area (Å²) in [7, 11) is 0. The van der Waals surface area contributed by atoms with E-state index in [1.165, 1.54) is 6.20 Å². The standard InChI is InChI=1S/C26H22N8O2.C2HF3O2/c27-12-16-3-8-30-24(9-16)35-20-1-2-22-23(11-20)36-26(33-22)21-10-17(13-31-25(21)28)18-14-32-34(15-18)19-4-6-29-7-5-19;3-2(4,5)1(6)7/h1-3,8-11,13-15,19,29H,4-7H2,(H2,28,31);(H,6,7). The van der Waals surface area contributed by atoms with Gasteiger partial charge in [-0.3, -0.25) is 4.68 Å². The number of ether oxygens (including phenoxy) is 1. The van der Waals surface area contributed by atoms with Gasteiger partial charge in [-0.2, -0.15) is 23.5 Å². The minimum atomic E-state index is -5.08. The molecule has 15 heteroatoms. The van der Waals surface area contributed by atoms with Crippen LogP contribution in [-0.2, 0) is 4.79 Å². The van der Waals surface area contributed by atoms with Crippen LogP contribution in [0.2, 0.25) is 0 Å². The molecule has 220 valence electrons. The van der Waals surface area contributed by atoms with E-state index in [9.17, 15) is 13.2 Å². The number of nitrogens with one attached hydrogen (secondary N) is 1. The lowest BCUT2D eigenvalue weighted by atomic mass is 10.1. The van der Waals surface area contributed by atoms with E-state index < -0.39 is 12.1 Å². The van der Waals surface area contributed by atoms with E-state index in [1.807, 2.05) is 16.9 Å². The molecule has 4 N–H and O–H groups in total. The number of hydrogen-bond donors (Lipinski definition) is 3. The number of aromatic nitrogens is 5. The summed E-state index contributed by atoms with van der Waals surface area (Å²) in [5.41, 5.74) is 10.3. The van der Waals surface area contributed by atoms with Crippen molar-refractivity contribution >= 4 is 22.9 Å². The summed E-state index contributed by atoms with van der Waals surface area (Å²) in [6.07, 6.45) is 4.20. The largest absolute Gasteiger partial charge is 0.490 e. The fraction of sp³-hybridized carbons (Fsp3) is 0.214. The number of nitrogens with two attached hydrogens (primary N) is 1. The van der Waals surface area contributed by atoms with Gasteiger partial charge in [0, 0.05) is 41.9 Å². The number of nitriles is 1. The van der Waals surface area contributed by atoms with Crippen LogP contribution in [0.1, 0.15) is 24.4 Å². The molecule has 0 radical (unpaired) electrons. The van der Waals surface area contributed by atoms with Gasteiger partial charge in [0.25, 0.3) is 0 Å². The lowest BCUT2D eigenvalue weighted by molar-refractivity contribution is -0.192. The van der Waals surface area contributed by atoms with Gasteiger partial charge in [-0.1, -0.05) is 0 Å². The number of carboxylic acids is 1. The maximum atomic E-state index is 10.6. The van der Waals surface area contributed by atoms with Crippen molar-refractivity contribution in [2.45, 2.75) is 25.1 Å². The van der Waals surface area contributed by atoms with Crippen LogP contribution >= 0.6 is 0 Å². The topological polar surface area (TPSA) is 178 Å². The van der Waals surface area contributed by atoms with Crippen molar-refractivity contribution < 1.29 is 32.2 Å². The van der Waals surface area contributed by atoms with E-state index in [2.05, 4.69) is 37.6 Å². The number of halogens is 3. The number of benzene rings is 1. The van der Waals surface area contributed by atoms with Crippen LogP contribution in [0, 0.1) is 11.3 Å². The van der Waals surface area contributed by atoms with Crippen molar-refractivity contribution in [3.05, 3.63) is 66.7 Å². The van der Waals surface area contributed by atoms with E-state index in [4.69, 9.17) is 30.1 Å². The van der Waals surface area contributed by atoms with Crippen LogP contribution in [0.4, 0.5) is 19.0 Å². The van der Waals surface area contributed by atoms with Gasteiger partial charge in [0.2, 0.25) is 11.8 Å². The molecule has 0 aliphatic carbocycles. The number of aliphatic carboxylic acids is 1. The lowest BCUT2D eigenvalue weighted by Gasteiger charge is -2.22. The average molecular weight is 593 g/mol. The summed E-state index contributed by atoms with van der Waals surface area (Å²) in [5.74, 6) is -1.24. The van der Waals surface area contributed by atoms with Gasteiger partial charge in [0.15, 0.2) is 5.58 Å². The molecule has 1 aliphatic rings. The molecular weight excluding hydrogens is 569 g/mol. The molecule has 0 unspecified atom stereocenters. The zero-order valence-electron chi connectivity index (χ0n) is 22.2. The summed E-state index contributed by atoms with van der Waals surface area (Å²) in [6, 6.07) is 12.9. The first-order chi connectivity index (χ1) is 20.6. The number of fused-ring (bicyclic) bond motifs is 1. The zero-order valence-corrected chi connectivity index (χ0v) is 22.2. The fourth-order valence-electron chi connectivity index (χ4n) is 4.30. The Hall–Kier alpha value is -5.49. The van der Waals surface area contributed by atoms with Gasteiger partial charge in [0.05, 0.1) is 29.4 Å². The van der Waals surface area contributed by atoms with Crippen molar-refractivity contribution in [1.29, 1.82) is 5.26 Å². The summed E-state index contributed by atoms with van der Waals surface area (Å²) >= 11 is 0. The van der Waals surface area contributed by atoms with Gasteiger partial charge >= 0.3 is 12.1 Å². The molecule has 12 nitrogen and oxygen atoms in total. The van der Waals surface area contributed by atoms with Crippen molar-refractivity contribution in [3.63, 3.8) is 0 Å². The molecule has 6 rings (SSSR count). The minimum absolute atomic E-state index is 0.319. The van der Waals surface area contributed by atoms with E-state index in [0.717, 1.165) is 37.1 Å². The van der Waals surface area contributed by atoms with Crippen molar-refractivity contribution in [1.82, 2.24) is 30.0 Å². The molecule has 5 aromatic rings. The maximum Gasteiger partial charge on any atom is 0.490 e. The predicted octanol–water partition coefficient (Wildman–Crippen LogP) is 4.95. The zero-order chi connectivity index (χ0) is 30.6. The monoisotopic (exact) mass is 592 g/mol. The summed E-state index contributed by atoms with van der Waals surface area (Å²) in [4.78, 5) is 22.0. The Morgan fingerprint density at radius 3 is 2.63 bits per heavy atom. The molecule has 0 spiro atoms. The highest BCUT2D eigenvalue weighted by atomic mass is 19.4. The number of rotatable bonds is 5. The highest BCUT2D eigenvalue weighted by molar-refractivity contribution is 5.81. The second-order valence-corrected chi connectivity index (χ2v) is 9.40. The molecule has 1 aliphatic heterocycles. The summed E-state index contributed by atoms with van der Waals surface area (Å²) in [5, 5.41) is 24.2. The number of hydrogen-bond acceptors (Lipinski definition) is 10. The SMILES string of the molecule is N#Cc1ccnc(Oc2ccc3nc(-c4cc(-c5cnn(C6CCNCC6)c5)cnc4N)oc3c2)c1.O=C(O)C(F)(F)F. The van der Waals surface area contributed by atoms with Crippen molar-refractivity contribution in [2.75, 3.05) is 18.8 Å². The number of oxazole rings is 1. The lowest BCUT2D eigenvalue weighted by Crippen LogP contribution is -2.29. The van der Waals surface area contributed by atoms with Crippen molar-refractivity contribution in [2.24, 2.45) is 0 Å². The van der Waals surface area contributed by atoms with Gasteiger partial charge in [-0.25, -0.2) is 19.7 Å². The molecule has 0 saturated carbocycles. The fourth-order valence-corrected chi connectivity index (χ4v) is 4.30. The molecule has 43 heavy (non-hydrogen) atoms. The van der Waals surface area contributed by atoms with Crippen LogP contribution in [0.3, 0.4) is 0 Å². The number of nitrogens with zero attached hydrogens (tertiary/aromatic N) is 6. The molecule has 5 heterocycles. The third kappa shape index (κ3) is 6.88. The van der Waals surface area contributed by atoms with Crippen LogP contribution in [0.15, 0.2) is 65.6 Å². The maximum absolute atomic E-state index is 10.6. The Morgan fingerprint density at radius 1 is 1.14 bits per heavy atom. The van der Waals surface area contributed by atoms with Gasteiger partial charge in [0.1, 0.15) is 17.1 Å². The Labute approximate surface area is 241 Å². The first-order valence-electron chi connectivity index (χ1n) is 12.9. The molecule has 1 saturated heterocycles. The second-order valence-electron chi connectivity index (χ2n) is 9.40. The number of anilines is 1. The predicted molar refractivity (Wildman–Crippen MR) is 147 cm³/mol. The molecule has 0 amide bonds. The number of pyridine rings is 2. The second kappa shape index (κ2) is 12.2. The molecule has 1 fully saturated rings. The van der Waals surface area contributed by atoms with Crippen LogP contribution < -0.4 is 15.8 Å². The molecule has 4 aromatic heterocycles. The third-order valence-electron chi connectivity index (χ3n) is 6.46. The number of piperidine rings is 1. The number of alkyl halides is 3. The van der Waals surface area contributed by atoms with Gasteiger partial charge < -0.3 is 25.3 Å². The Kier molecular flexibility index (Phi) is 8.21. The molecular formula is C28H23F3N8O4. The minimum Gasteiger partial charge on any atom is -0.475 e. The van der Waals surface area contributed by atoms with Crippen LogP contribution in [0.5, 0.6) is 11.6 Å². The van der Waals surface area contributed by atoms with E-state index >= 15 is 0 Å². The Balaban J connectivity index is 0.000000472. The van der Waals surface area contributed by atoms with Crippen LogP contribution in [0.25, 0.3) is 33.7 Å². The van der Waals surface area contributed by atoms with E-state index in [-0.39, 0.29) is 0 Å². The summed E-state index contributed by atoms with van der Waals surface area (Å²) < 4.78 is 45.6. The first kappa shape index (κ1) is 29.0. The first-order valence-corrected chi connectivity index (χ1v) is 12.9.